The standard InChI is InChI=1S/C13H18FNS/c1-10-3-2-8-13(10,9-15)16-12-6-4-11(14)5-7-12/h4-7,10H,2-3,8-9,15H2,1H3. The molecule has 0 saturated heterocycles. The summed E-state index contributed by atoms with van der Waals surface area (Å²) >= 11 is 1.82. The molecule has 0 bridgehead atoms. The highest BCUT2D eigenvalue weighted by molar-refractivity contribution is 8.00. The molecule has 1 fully saturated rings. The minimum Gasteiger partial charge on any atom is -0.329 e. The Hall–Kier alpha value is -0.540. The molecule has 1 aromatic rings. The average Bonchev–Trinajstić information content (AvgIpc) is 2.64. The number of nitrogens with two attached hydrogens (primary N) is 1. The third-order valence-corrected chi connectivity index (χ3v) is 5.30. The fraction of sp³-hybridized carbons (Fsp3) is 0.538. The van der Waals surface area contributed by atoms with E-state index in [0.717, 1.165) is 4.90 Å². The van der Waals surface area contributed by atoms with Crippen LogP contribution >= 0.6 is 11.8 Å². The van der Waals surface area contributed by atoms with Crippen LogP contribution in [0.15, 0.2) is 29.2 Å². The zero-order chi connectivity index (χ0) is 11.6. The third kappa shape index (κ3) is 2.25. The largest absolute Gasteiger partial charge is 0.329 e. The number of hydrogen-bond donors (Lipinski definition) is 1. The molecular weight excluding hydrogens is 221 g/mol. The van der Waals surface area contributed by atoms with E-state index >= 15 is 0 Å². The van der Waals surface area contributed by atoms with Crippen LogP contribution in [0.2, 0.25) is 0 Å². The summed E-state index contributed by atoms with van der Waals surface area (Å²) in [4.78, 5) is 1.13. The lowest BCUT2D eigenvalue weighted by atomic mass is 9.97. The molecule has 0 heterocycles. The van der Waals surface area contributed by atoms with Crippen molar-refractivity contribution in [2.45, 2.75) is 35.8 Å². The summed E-state index contributed by atoms with van der Waals surface area (Å²) in [6, 6.07) is 6.74. The maximum atomic E-state index is 12.8. The van der Waals surface area contributed by atoms with Gasteiger partial charge in [0.15, 0.2) is 0 Å². The lowest BCUT2D eigenvalue weighted by Crippen LogP contribution is -2.36. The molecule has 0 aromatic heterocycles. The summed E-state index contributed by atoms with van der Waals surface area (Å²) < 4.78 is 13.0. The van der Waals surface area contributed by atoms with Crippen LogP contribution in [0, 0.1) is 11.7 Å². The Labute approximate surface area is 101 Å². The van der Waals surface area contributed by atoms with Crippen LogP contribution in [0.25, 0.3) is 0 Å². The predicted octanol–water partition coefficient (Wildman–Crippen LogP) is 3.44. The van der Waals surface area contributed by atoms with Crippen LogP contribution in [0.4, 0.5) is 4.39 Å². The fourth-order valence-corrected chi connectivity index (χ4v) is 3.84. The van der Waals surface area contributed by atoms with Gasteiger partial charge >= 0.3 is 0 Å². The minimum absolute atomic E-state index is 0.165. The maximum Gasteiger partial charge on any atom is 0.123 e. The molecule has 2 rings (SSSR count). The topological polar surface area (TPSA) is 26.0 Å². The van der Waals surface area contributed by atoms with E-state index < -0.39 is 0 Å². The Morgan fingerprint density at radius 2 is 2.12 bits per heavy atom. The molecule has 1 nitrogen and oxygen atoms in total. The van der Waals surface area contributed by atoms with E-state index in [4.69, 9.17) is 5.73 Å². The normalized spacial score (nSPS) is 29.6. The van der Waals surface area contributed by atoms with Crippen molar-refractivity contribution in [1.82, 2.24) is 0 Å². The first-order valence-electron chi connectivity index (χ1n) is 5.81. The molecule has 1 saturated carbocycles. The van der Waals surface area contributed by atoms with E-state index in [-0.39, 0.29) is 10.6 Å². The van der Waals surface area contributed by atoms with E-state index in [2.05, 4.69) is 6.92 Å². The lowest BCUT2D eigenvalue weighted by Gasteiger charge is -2.31. The van der Waals surface area contributed by atoms with Gasteiger partial charge in [-0.3, -0.25) is 0 Å². The third-order valence-electron chi connectivity index (χ3n) is 3.62. The van der Waals surface area contributed by atoms with Crippen molar-refractivity contribution >= 4 is 11.8 Å². The summed E-state index contributed by atoms with van der Waals surface area (Å²) in [6.07, 6.45) is 3.69. The lowest BCUT2D eigenvalue weighted by molar-refractivity contribution is 0.476. The first kappa shape index (κ1) is 11.9. The minimum atomic E-state index is -0.175. The van der Waals surface area contributed by atoms with Gasteiger partial charge < -0.3 is 5.73 Å². The fourth-order valence-electron chi connectivity index (χ4n) is 2.45. The Kier molecular flexibility index (Phi) is 3.55. The van der Waals surface area contributed by atoms with Crippen LogP contribution in [0.1, 0.15) is 26.2 Å². The quantitative estimate of drug-likeness (QED) is 0.874. The number of benzene rings is 1. The molecule has 2 N–H and O–H groups in total. The molecule has 0 spiro atoms. The molecule has 3 heteroatoms. The molecule has 88 valence electrons. The van der Waals surface area contributed by atoms with Crippen molar-refractivity contribution in [3.8, 4) is 0 Å². The average molecular weight is 239 g/mol. The van der Waals surface area contributed by atoms with E-state index in [9.17, 15) is 4.39 Å². The summed E-state index contributed by atoms with van der Waals surface area (Å²) in [5.74, 6) is 0.471. The van der Waals surface area contributed by atoms with Gasteiger partial charge in [-0.05, 0) is 43.0 Å². The zero-order valence-corrected chi connectivity index (χ0v) is 10.4. The first-order valence-corrected chi connectivity index (χ1v) is 6.62. The molecule has 2 atom stereocenters. The summed E-state index contributed by atoms with van der Waals surface area (Å²) in [7, 11) is 0. The molecule has 1 aromatic carbocycles. The van der Waals surface area contributed by atoms with E-state index in [1.54, 1.807) is 0 Å². The van der Waals surface area contributed by atoms with Gasteiger partial charge in [0.25, 0.3) is 0 Å². The van der Waals surface area contributed by atoms with Gasteiger partial charge in [-0.2, -0.15) is 0 Å². The van der Waals surface area contributed by atoms with Crippen molar-refractivity contribution in [1.29, 1.82) is 0 Å². The van der Waals surface area contributed by atoms with Gasteiger partial charge in [0.2, 0.25) is 0 Å². The van der Waals surface area contributed by atoms with Crippen LogP contribution in [-0.2, 0) is 0 Å². The van der Waals surface area contributed by atoms with Crippen LogP contribution in [0.5, 0.6) is 0 Å². The van der Waals surface area contributed by atoms with Gasteiger partial charge in [-0.15, -0.1) is 11.8 Å². The monoisotopic (exact) mass is 239 g/mol. The molecule has 16 heavy (non-hydrogen) atoms. The highest BCUT2D eigenvalue weighted by Gasteiger charge is 2.39. The maximum absolute atomic E-state index is 12.8. The number of hydrogen-bond acceptors (Lipinski definition) is 2. The second kappa shape index (κ2) is 4.76. The van der Waals surface area contributed by atoms with E-state index in [1.807, 2.05) is 23.9 Å². The van der Waals surface area contributed by atoms with Gasteiger partial charge in [0.05, 0.1) is 0 Å². The highest BCUT2D eigenvalue weighted by atomic mass is 32.2. The van der Waals surface area contributed by atoms with E-state index in [0.29, 0.717) is 12.5 Å². The summed E-state index contributed by atoms with van der Waals surface area (Å²) in [5, 5.41) is 0. The van der Waals surface area contributed by atoms with Gasteiger partial charge in [-0.25, -0.2) is 4.39 Å². The highest BCUT2D eigenvalue weighted by Crippen LogP contribution is 2.48. The number of rotatable bonds is 3. The van der Waals surface area contributed by atoms with Crippen molar-refractivity contribution < 1.29 is 4.39 Å². The summed E-state index contributed by atoms with van der Waals surface area (Å²) in [5.41, 5.74) is 5.94. The molecule has 2 unspecified atom stereocenters. The van der Waals surface area contributed by atoms with Crippen molar-refractivity contribution in [3.63, 3.8) is 0 Å². The van der Waals surface area contributed by atoms with Gasteiger partial charge in [-0.1, -0.05) is 13.3 Å². The number of thioether (sulfide) groups is 1. The van der Waals surface area contributed by atoms with Crippen LogP contribution in [-0.4, -0.2) is 11.3 Å². The first-order chi connectivity index (χ1) is 7.66. The molecular formula is C13H18FNS. The second-order valence-electron chi connectivity index (χ2n) is 4.62. The Balaban J connectivity index is 2.15. The SMILES string of the molecule is CC1CCCC1(CN)Sc1ccc(F)cc1. The molecule has 1 aliphatic rings. The van der Waals surface area contributed by atoms with Crippen LogP contribution < -0.4 is 5.73 Å². The molecule has 0 radical (unpaired) electrons. The van der Waals surface area contributed by atoms with Gasteiger partial charge in [0, 0.05) is 16.2 Å². The smallest absolute Gasteiger partial charge is 0.123 e. The summed E-state index contributed by atoms with van der Waals surface area (Å²) in [6.45, 7) is 2.98. The van der Waals surface area contributed by atoms with Crippen molar-refractivity contribution in [2.24, 2.45) is 11.7 Å². The Bertz CT molecular complexity index is 351. The molecule has 0 amide bonds. The molecule has 1 aliphatic carbocycles. The van der Waals surface area contributed by atoms with E-state index in [1.165, 1.54) is 31.4 Å². The van der Waals surface area contributed by atoms with Crippen LogP contribution in [0.3, 0.4) is 0 Å². The van der Waals surface area contributed by atoms with Crippen molar-refractivity contribution in [3.05, 3.63) is 30.1 Å². The number of halogens is 1. The Morgan fingerprint density at radius 1 is 1.44 bits per heavy atom. The Morgan fingerprint density at radius 3 is 2.62 bits per heavy atom. The second-order valence-corrected chi connectivity index (χ2v) is 6.11. The molecule has 0 aliphatic heterocycles. The van der Waals surface area contributed by atoms with Gasteiger partial charge in [0.1, 0.15) is 5.82 Å². The predicted molar refractivity (Wildman–Crippen MR) is 67.1 cm³/mol. The zero-order valence-electron chi connectivity index (χ0n) is 9.58. The van der Waals surface area contributed by atoms with Crippen molar-refractivity contribution in [2.75, 3.05) is 6.54 Å².